The van der Waals surface area contributed by atoms with Gasteiger partial charge in [-0.1, -0.05) is 11.6 Å². The Balaban J connectivity index is 2.17. The number of pyridine rings is 2. The number of carbonyl (C=O) groups is 1. The Hall–Kier alpha value is -2.39. The van der Waals surface area contributed by atoms with E-state index in [2.05, 4.69) is 20.6 Å². The van der Waals surface area contributed by atoms with Gasteiger partial charge >= 0.3 is 12.2 Å². The molecule has 2 aromatic rings. The number of carbonyl (C=O) groups excluding carboxylic acids is 1. The predicted molar refractivity (Wildman–Crippen MR) is 86.6 cm³/mol. The lowest BCUT2D eigenvalue weighted by atomic mass is 10.2. The molecule has 10 heteroatoms. The standard InChI is InChI=1S/C15H14ClF3N4O2/c1-8-13(16)10(7-25-2)11(6-21-8)23-14(24)22-9-3-4-20-12(5-9)15(17,18)19/h3-6H,7H2,1-2H3,(H2,20,22,23,24). The van der Waals surface area contributed by atoms with Crippen molar-refractivity contribution >= 4 is 29.0 Å². The molecule has 25 heavy (non-hydrogen) atoms. The summed E-state index contributed by atoms with van der Waals surface area (Å²) in [6.07, 6.45) is -2.25. The third-order valence-corrected chi connectivity index (χ3v) is 3.64. The van der Waals surface area contributed by atoms with Gasteiger partial charge in [-0.2, -0.15) is 13.2 Å². The molecule has 0 unspecified atom stereocenters. The van der Waals surface area contributed by atoms with Gasteiger partial charge in [-0.05, 0) is 19.1 Å². The molecule has 0 aliphatic rings. The van der Waals surface area contributed by atoms with Crippen molar-refractivity contribution in [1.82, 2.24) is 9.97 Å². The van der Waals surface area contributed by atoms with Crippen LogP contribution in [0.1, 0.15) is 17.0 Å². The van der Waals surface area contributed by atoms with E-state index in [1.807, 2.05) is 0 Å². The highest BCUT2D eigenvalue weighted by atomic mass is 35.5. The Morgan fingerprint density at radius 2 is 2.04 bits per heavy atom. The molecule has 0 spiro atoms. The van der Waals surface area contributed by atoms with Crippen molar-refractivity contribution in [2.24, 2.45) is 0 Å². The van der Waals surface area contributed by atoms with Gasteiger partial charge in [-0.3, -0.25) is 9.97 Å². The Morgan fingerprint density at radius 3 is 2.68 bits per heavy atom. The highest BCUT2D eigenvalue weighted by Crippen LogP contribution is 2.29. The number of aromatic nitrogens is 2. The maximum Gasteiger partial charge on any atom is 0.433 e. The number of hydrogen-bond acceptors (Lipinski definition) is 4. The third-order valence-electron chi connectivity index (χ3n) is 3.14. The fourth-order valence-corrected chi connectivity index (χ4v) is 2.18. The fraction of sp³-hybridized carbons (Fsp3) is 0.267. The summed E-state index contributed by atoms with van der Waals surface area (Å²) in [6, 6.07) is 1.22. The number of hydrogen-bond donors (Lipinski definition) is 2. The molecule has 0 fully saturated rings. The van der Waals surface area contributed by atoms with Crippen LogP contribution in [-0.4, -0.2) is 23.1 Å². The molecule has 6 nitrogen and oxygen atoms in total. The number of nitrogens with one attached hydrogen (secondary N) is 2. The van der Waals surface area contributed by atoms with Gasteiger partial charge in [0.15, 0.2) is 0 Å². The maximum absolute atomic E-state index is 12.6. The highest BCUT2D eigenvalue weighted by molar-refractivity contribution is 6.32. The number of anilines is 2. The number of nitrogens with zero attached hydrogens (tertiary/aromatic N) is 2. The zero-order valence-corrected chi connectivity index (χ0v) is 14.0. The van der Waals surface area contributed by atoms with Gasteiger partial charge in [0, 0.05) is 24.6 Å². The summed E-state index contributed by atoms with van der Waals surface area (Å²) in [5.74, 6) is 0. The second kappa shape index (κ2) is 7.66. The van der Waals surface area contributed by atoms with Crippen LogP contribution < -0.4 is 10.6 Å². The number of methoxy groups -OCH3 is 1. The molecule has 0 radical (unpaired) electrons. The molecule has 0 bridgehead atoms. The first kappa shape index (κ1) is 18.9. The van der Waals surface area contributed by atoms with E-state index < -0.39 is 17.9 Å². The average molecular weight is 375 g/mol. The lowest BCUT2D eigenvalue weighted by molar-refractivity contribution is -0.141. The summed E-state index contributed by atoms with van der Waals surface area (Å²) in [6.45, 7) is 1.83. The first-order valence-corrected chi connectivity index (χ1v) is 7.34. The minimum Gasteiger partial charge on any atom is -0.380 e. The molecule has 0 aliphatic carbocycles. The Labute approximate surface area is 146 Å². The lowest BCUT2D eigenvalue weighted by Gasteiger charge is -2.14. The zero-order valence-electron chi connectivity index (χ0n) is 13.2. The van der Waals surface area contributed by atoms with E-state index in [1.54, 1.807) is 6.92 Å². The first-order valence-electron chi connectivity index (χ1n) is 6.96. The molecule has 134 valence electrons. The molecule has 2 heterocycles. The summed E-state index contributed by atoms with van der Waals surface area (Å²) in [7, 11) is 1.46. The van der Waals surface area contributed by atoms with Crippen LogP contribution in [-0.2, 0) is 17.5 Å². The van der Waals surface area contributed by atoms with Crippen molar-refractivity contribution in [2.75, 3.05) is 17.7 Å². The number of ether oxygens (including phenoxy) is 1. The van der Waals surface area contributed by atoms with Gasteiger partial charge in [0.05, 0.1) is 29.2 Å². The topological polar surface area (TPSA) is 76.1 Å². The van der Waals surface area contributed by atoms with Gasteiger partial charge in [-0.15, -0.1) is 0 Å². The van der Waals surface area contributed by atoms with Crippen molar-refractivity contribution < 1.29 is 22.7 Å². The maximum atomic E-state index is 12.6. The van der Waals surface area contributed by atoms with Crippen molar-refractivity contribution in [2.45, 2.75) is 19.7 Å². The molecular weight excluding hydrogens is 361 g/mol. The summed E-state index contributed by atoms with van der Waals surface area (Å²) in [4.78, 5) is 19.3. The largest absolute Gasteiger partial charge is 0.433 e. The number of urea groups is 1. The molecule has 0 saturated carbocycles. The molecule has 2 rings (SSSR count). The van der Waals surface area contributed by atoms with E-state index in [9.17, 15) is 18.0 Å². The third kappa shape index (κ3) is 4.80. The van der Waals surface area contributed by atoms with E-state index in [0.29, 0.717) is 22.0 Å². The smallest absolute Gasteiger partial charge is 0.380 e. The Morgan fingerprint density at radius 1 is 1.32 bits per heavy atom. The van der Waals surface area contributed by atoms with Gasteiger partial charge in [0.2, 0.25) is 0 Å². The minimum absolute atomic E-state index is 0.0562. The van der Waals surface area contributed by atoms with Crippen molar-refractivity contribution in [3.63, 3.8) is 0 Å². The zero-order chi connectivity index (χ0) is 18.6. The Kier molecular flexibility index (Phi) is 5.81. The van der Waals surface area contributed by atoms with Gasteiger partial charge in [0.1, 0.15) is 5.69 Å². The summed E-state index contributed by atoms with van der Waals surface area (Å²) >= 11 is 6.14. The van der Waals surface area contributed by atoms with Crippen LogP contribution in [0.5, 0.6) is 0 Å². The average Bonchev–Trinajstić information content (AvgIpc) is 2.54. The van der Waals surface area contributed by atoms with E-state index in [0.717, 1.165) is 12.3 Å². The summed E-state index contributed by atoms with van der Waals surface area (Å²) < 4.78 is 43.0. The van der Waals surface area contributed by atoms with Crippen LogP contribution in [0.4, 0.5) is 29.3 Å². The van der Waals surface area contributed by atoms with Crippen LogP contribution in [0.25, 0.3) is 0 Å². The number of amides is 2. The van der Waals surface area contributed by atoms with Crippen LogP contribution in [0.2, 0.25) is 5.02 Å². The van der Waals surface area contributed by atoms with E-state index in [1.165, 1.54) is 19.4 Å². The molecule has 0 aromatic carbocycles. The number of rotatable bonds is 4. The van der Waals surface area contributed by atoms with Gasteiger partial charge in [0.25, 0.3) is 0 Å². The normalized spacial score (nSPS) is 11.3. The molecule has 0 saturated heterocycles. The summed E-state index contributed by atoms with van der Waals surface area (Å²) in [5, 5.41) is 5.13. The first-order chi connectivity index (χ1) is 11.7. The van der Waals surface area contributed by atoms with Crippen molar-refractivity contribution in [1.29, 1.82) is 0 Å². The van der Waals surface area contributed by atoms with Crippen LogP contribution in [0.15, 0.2) is 24.5 Å². The molecular formula is C15H14ClF3N4O2. The predicted octanol–water partition coefficient (Wildman–Crippen LogP) is 4.25. The monoisotopic (exact) mass is 374 g/mol. The second-order valence-corrected chi connectivity index (χ2v) is 5.37. The number of aryl methyl sites for hydroxylation is 1. The van der Waals surface area contributed by atoms with Crippen LogP contribution in [0.3, 0.4) is 0 Å². The second-order valence-electron chi connectivity index (χ2n) is 4.99. The number of alkyl halides is 3. The van der Waals surface area contributed by atoms with Gasteiger partial charge < -0.3 is 15.4 Å². The molecule has 2 N–H and O–H groups in total. The SMILES string of the molecule is COCc1c(NC(=O)Nc2ccnc(C(F)(F)F)c2)cnc(C)c1Cl. The van der Waals surface area contributed by atoms with E-state index in [-0.39, 0.29) is 12.3 Å². The minimum atomic E-state index is -4.60. The lowest BCUT2D eigenvalue weighted by Crippen LogP contribution is -2.21. The fourth-order valence-electron chi connectivity index (χ4n) is 1.97. The number of halogens is 4. The molecule has 2 amide bonds. The van der Waals surface area contributed by atoms with Crippen LogP contribution in [0, 0.1) is 6.92 Å². The van der Waals surface area contributed by atoms with E-state index >= 15 is 0 Å². The quantitative estimate of drug-likeness (QED) is 0.839. The van der Waals surface area contributed by atoms with Crippen molar-refractivity contribution in [3.8, 4) is 0 Å². The molecule has 2 aromatic heterocycles. The molecule has 0 atom stereocenters. The Bertz CT molecular complexity index is 784. The highest BCUT2D eigenvalue weighted by Gasteiger charge is 2.32. The van der Waals surface area contributed by atoms with E-state index in [4.69, 9.17) is 16.3 Å². The van der Waals surface area contributed by atoms with Gasteiger partial charge in [-0.25, -0.2) is 4.79 Å². The van der Waals surface area contributed by atoms with Crippen molar-refractivity contribution in [3.05, 3.63) is 46.5 Å². The summed E-state index contributed by atoms with van der Waals surface area (Å²) in [5.41, 5.74) is 0.200. The van der Waals surface area contributed by atoms with Crippen LogP contribution >= 0.6 is 11.6 Å². The molecule has 0 aliphatic heterocycles.